The third-order valence-corrected chi connectivity index (χ3v) is 1.96. The molecule has 0 bridgehead atoms. The van der Waals surface area contributed by atoms with Crippen molar-refractivity contribution >= 4 is 21.7 Å². The van der Waals surface area contributed by atoms with Crippen LogP contribution in [0.25, 0.3) is 0 Å². The Morgan fingerprint density at radius 1 is 1.67 bits per heavy atom. The number of hydrogen-bond donors (Lipinski definition) is 0. The third kappa shape index (κ3) is 5.39. The zero-order chi connectivity index (χ0) is 6.78. The monoisotopic (exact) mass is 178 g/mol. The second kappa shape index (κ2) is 4.71. The minimum Gasteiger partial charge on any atom is -0.743 e. The maximum atomic E-state index is 9.81. The average molecular weight is 179 g/mol. The van der Waals surface area contributed by atoms with E-state index in [4.69, 9.17) is 11.6 Å². The molecule has 0 unspecified atom stereocenters. The molecule has 0 saturated heterocycles. The zero-order valence-corrected chi connectivity index (χ0v) is 8.66. The van der Waals surface area contributed by atoms with Crippen LogP contribution in [0, 0.1) is 0 Å². The predicted octanol–water partition coefficient (Wildman–Crippen LogP) is -2.36. The van der Waals surface area contributed by atoms with Crippen molar-refractivity contribution in [2.24, 2.45) is 0 Å². The molecule has 0 fully saturated rings. The predicted molar refractivity (Wildman–Crippen MR) is 29.3 cm³/mol. The van der Waals surface area contributed by atoms with E-state index in [1.807, 2.05) is 0 Å². The van der Waals surface area contributed by atoms with Crippen LogP contribution in [0.15, 0.2) is 10.4 Å². The average Bonchev–Trinajstić information content (AvgIpc) is 1.62. The minimum absolute atomic E-state index is 0. The molecule has 0 aromatic rings. The summed E-state index contributed by atoms with van der Waals surface area (Å²) in [7, 11) is -4.38. The van der Waals surface area contributed by atoms with Crippen molar-refractivity contribution in [2.75, 3.05) is 0 Å². The SMILES string of the molecule is CC=C(Cl)S(=O)(=O)[O-].[Na+]. The maximum Gasteiger partial charge on any atom is 1.00 e. The van der Waals surface area contributed by atoms with E-state index >= 15 is 0 Å². The van der Waals surface area contributed by atoms with E-state index in [0.29, 0.717) is 0 Å². The summed E-state index contributed by atoms with van der Waals surface area (Å²) in [5.74, 6) is 0. The first-order chi connectivity index (χ1) is 3.48. The van der Waals surface area contributed by atoms with Crippen LogP contribution in [0.5, 0.6) is 0 Å². The first-order valence-corrected chi connectivity index (χ1v) is 3.55. The van der Waals surface area contributed by atoms with Crippen molar-refractivity contribution in [1.29, 1.82) is 0 Å². The molecule has 6 heteroatoms. The minimum atomic E-state index is -4.38. The smallest absolute Gasteiger partial charge is 0.743 e. The molecule has 0 heterocycles. The van der Waals surface area contributed by atoms with Gasteiger partial charge < -0.3 is 4.55 Å². The number of hydrogen-bond acceptors (Lipinski definition) is 3. The van der Waals surface area contributed by atoms with E-state index in [1.54, 1.807) is 0 Å². The second-order valence-electron chi connectivity index (χ2n) is 1.05. The van der Waals surface area contributed by atoms with Gasteiger partial charge in [-0.2, -0.15) is 0 Å². The van der Waals surface area contributed by atoms with Crippen molar-refractivity contribution < 1.29 is 42.5 Å². The normalized spacial score (nSPS) is 12.6. The van der Waals surface area contributed by atoms with Crippen molar-refractivity contribution in [1.82, 2.24) is 0 Å². The molecule has 3 nitrogen and oxygen atoms in total. The van der Waals surface area contributed by atoms with Gasteiger partial charge in [-0.25, -0.2) is 8.42 Å². The molecule has 9 heavy (non-hydrogen) atoms. The van der Waals surface area contributed by atoms with E-state index in [1.165, 1.54) is 6.92 Å². The standard InChI is InChI=1S/C3H5ClO3S.Na/c1-2-3(4)8(5,6)7;/h2H,1H3,(H,5,6,7);/q;+1/p-1. The fourth-order valence-corrected chi connectivity index (χ4v) is 0.433. The molecule has 48 valence electrons. The van der Waals surface area contributed by atoms with Crippen molar-refractivity contribution in [2.45, 2.75) is 6.92 Å². The van der Waals surface area contributed by atoms with Crippen LogP contribution in [0.2, 0.25) is 0 Å². The van der Waals surface area contributed by atoms with E-state index in [9.17, 15) is 13.0 Å². The summed E-state index contributed by atoms with van der Waals surface area (Å²) < 4.78 is 28.8. The first kappa shape index (κ1) is 12.6. The molecule has 0 atom stereocenters. The summed E-state index contributed by atoms with van der Waals surface area (Å²) in [5.41, 5.74) is 0. The fraction of sp³-hybridized carbons (Fsp3) is 0.333. The van der Waals surface area contributed by atoms with Crippen LogP contribution in [-0.2, 0) is 10.1 Å². The molecule has 0 aliphatic carbocycles. The van der Waals surface area contributed by atoms with Gasteiger partial charge >= 0.3 is 29.6 Å². The summed E-state index contributed by atoms with van der Waals surface area (Å²) in [6.45, 7) is 1.37. The quantitative estimate of drug-likeness (QED) is 0.333. The van der Waals surface area contributed by atoms with E-state index in [2.05, 4.69) is 0 Å². The van der Waals surface area contributed by atoms with E-state index in [-0.39, 0.29) is 29.6 Å². The van der Waals surface area contributed by atoms with Crippen molar-refractivity contribution in [3.8, 4) is 0 Å². The Bertz CT molecular complexity index is 195. The van der Waals surface area contributed by atoms with Gasteiger partial charge in [0.1, 0.15) is 14.5 Å². The Labute approximate surface area is 81.1 Å². The molecule has 0 aromatic carbocycles. The van der Waals surface area contributed by atoms with Crippen LogP contribution in [0.3, 0.4) is 0 Å². The molecule has 0 aliphatic rings. The van der Waals surface area contributed by atoms with Crippen molar-refractivity contribution in [3.05, 3.63) is 10.4 Å². The van der Waals surface area contributed by atoms with E-state index in [0.717, 1.165) is 6.08 Å². The van der Waals surface area contributed by atoms with Gasteiger partial charge in [0.2, 0.25) is 0 Å². The van der Waals surface area contributed by atoms with E-state index < -0.39 is 14.5 Å². The van der Waals surface area contributed by atoms with Crippen LogP contribution in [0.4, 0.5) is 0 Å². The summed E-state index contributed by atoms with van der Waals surface area (Å²) >= 11 is 4.90. The second-order valence-corrected chi connectivity index (χ2v) is 3.03. The molecular weight excluding hydrogens is 175 g/mol. The molecule has 0 amide bonds. The Morgan fingerprint density at radius 2 is 2.00 bits per heavy atom. The molecule has 0 N–H and O–H groups in total. The van der Waals surface area contributed by atoms with Crippen LogP contribution in [0.1, 0.15) is 6.92 Å². The molecular formula is C3H4ClNaO3S. The fourth-order valence-electron chi connectivity index (χ4n) is 0.144. The van der Waals surface area contributed by atoms with Gasteiger partial charge in [0, 0.05) is 0 Å². The Kier molecular flexibility index (Phi) is 6.59. The number of rotatable bonds is 1. The summed E-state index contributed by atoms with van der Waals surface area (Å²) in [6, 6.07) is 0. The van der Waals surface area contributed by atoms with Gasteiger partial charge in [-0.15, -0.1) is 0 Å². The summed E-state index contributed by atoms with van der Waals surface area (Å²) in [6.07, 6.45) is 1.03. The third-order valence-electron chi connectivity index (χ3n) is 0.466. The van der Waals surface area contributed by atoms with Crippen LogP contribution in [-0.4, -0.2) is 13.0 Å². The summed E-state index contributed by atoms with van der Waals surface area (Å²) in [4.78, 5) is 0. The number of halogens is 1. The molecule has 0 aromatic heterocycles. The van der Waals surface area contributed by atoms with Gasteiger partial charge in [0.05, 0.1) is 0 Å². The van der Waals surface area contributed by atoms with Gasteiger partial charge in [0.15, 0.2) is 0 Å². The molecule has 0 spiro atoms. The van der Waals surface area contributed by atoms with Gasteiger partial charge in [-0.05, 0) is 6.92 Å². The largest absolute Gasteiger partial charge is 1.00 e. The first-order valence-electron chi connectivity index (χ1n) is 1.76. The van der Waals surface area contributed by atoms with Gasteiger partial charge in [0.25, 0.3) is 0 Å². The summed E-state index contributed by atoms with van der Waals surface area (Å²) in [5, 5.41) is 0. The molecule has 0 aliphatic heterocycles. The molecule has 0 radical (unpaired) electrons. The Balaban J connectivity index is 0. The van der Waals surface area contributed by atoms with Gasteiger partial charge in [-0.3, -0.25) is 0 Å². The van der Waals surface area contributed by atoms with Crippen molar-refractivity contribution in [3.63, 3.8) is 0 Å². The van der Waals surface area contributed by atoms with Gasteiger partial charge in [-0.1, -0.05) is 17.7 Å². The molecule has 0 saturated carbocycles. The topological polar surface area (TPSA) is 57.2 Å². The maximum absolute atomic E-state index is 9.81. The number of allylic oxidation sites excluding steroid dienone is 1. The Morgan fingerprint density at radius 3 is 2.00 bits per heavy atom. The van der Waals surface area contributed by atoms with Crippen LogP contribution < -0.4 is 29.6 Å². The molecule has 0 rings (SSSR count). The van der Waals surface area contributed by atoms with Crippen LogP contribution >= 0.6 is 11.6 Å². The zero-order valence-electron chi connectivity index (χ0n) is 5.09. The Hall–Kier alpha value is 0.940.